The van der Waals surface area contributed by atoms with E-state index in [4.69, 9.17) is 21.1 Å². The van der Waals surface area contributed by atoms with Gasteiger partial charge < -0.3 is 14.8 Å². The van der Waals surface area contributed by atoms with E-state index in [0.717, 1.165) is 28.3 Å². The standard InChI is InChI=1S/C31H27ClN2O3/c1-3-21-12-14-26(15-13-21)34-31(35)25(19-33)16-22-17-28(32)30(29(18-22)36-4-2)37-20-24-10-7-9-23-8-5-6-11-27(23)24/h5-18H,3-4,20H2,1-2H3,(H,34,35)/b25-16+. The summed E-state index contributed by atoms with van der Waals surface area (Å²) in [5.41, 5.74) is 3.31. The van der Waals surface area contributed by atoms with Gasteiger partial charge in [0.2, 0.25) is 0 Å². The summed E-state index contributed by atoms with van der Waals surface area (Å²) in [7, 11) is 0. The van der Waals surface area contributed by atoms with Gasteiger partial charge in [-0.2, -0.15) is 5.26 Å². The maximum atomic E-state index is 12.7. The van der Waals surface area contributed by atoms with Crippen molar-refractivity contribution in [3.05, 3.63) is 106 Å². The molecule has 0 aliphatic carbocycles. The van der Waals surface area contributed by atoms with E-state index in [1.165, 1.54) is 6.08 Å². The third kappa shape index (κ3) is 6.30. The second kappa shape index (κ2) is 12.1. The van der Waals surface area contributed by atoms with E-state index in [9.17, 15) is 10.1 Å². The molecule has 37 heavy (non-hydrogen) atoms. The van der Waals surface area contributed by atoms with Crippen molar-refractivity contribution in [2.45, 2.75) is 26.9 Å². The summed E-state index contributed by atoms with van der Waals surface area (Å²) in [4.78, 5) is 12.7. The van der Waals surface area contributed by atoms with Crippen LogP contribution in [-0.4, -0.2) is 12.5 Å². The van der Waals surface area contributed by atoms with Crippen molar-refractivity contribution in [2.75, 3.05) is 11.9 Å². The Hall–Kier alpha value is -4.27. The summed E-state index contributed by atoms with van der Waals surface area (Å²) in [5, 5.41) is 15.0. The van der Waals surface area contributed by atoms with Crippen LogP contribution in [-0.2, 0) is 17.8 Å². The zero-order chi connectivity index (χ0) is 26.2. The number of carbonyl (C=O) groups is 1. The molecule has 0 heterocycles. The third-order valence-corrected chi connectivity index (χ3v) is 6.16. The van der Waals surface area contributed by atoms with Crippen molar-refractivity contribution in [1.82, 2.24) is 0 Å². The fraction of sp³-hybridized carbons (Fsp3) is 0.161. The van der Waals surface area contributed by atoms with Crippen LogP contribution in [0.3, 0.4) is 0 Å². The van der Waals surface area contributed by atoms with Crippen molar-refractivity contribution in [1.29, 1.82) is 5.26 Å². The molecule has 0 unspecified atom stereocenters. The Labute approximate surface area is 221 Å². The van der Waals surface area contributed by atoms with Crippen LogP contribution >= 0.6 is 11.6 Å². The first-order valence-electron chi connectivity index (χ1n) is 12.1. The number of hydrogen-bond acceptors (Lipinski definition) is 4. The van der Waals surface area contributed by atoms with Crippen molar-refractivity contribution >= 4 is 40.0 Å². The number of halogens is 1. The van der Waals surface area contributed by atoms with Gasteiger partial charge in [0.05, 0.1) is 11.6 Å². The predicted molar refractivity (Wildman–Crippen MR) is 149 cm³/mol. The van der Waals surface area contributed by atoms with Gasteiger partial charge in [-0.3, -0.25) is 4.79 Å². The van der Waals surface area contributed by atoms with Crippen molar-refractivity contribution < 1.29 is 14.3 Å². The van der Waals surface area contributed by atoms with Crippen LogP contribution in [0.5, 0.6) is 11.5 Å². The molecule has 0 fully saturated rings. The van der Waals surface area contributed by atoms with Crippen LogP contribution in [0.2, 0.25) is 5.02 Å². The van der Waals surface area contributed by atoms with Crippen LogP contribution < -0.4 is 14.8 Å². The van der Waals surface area contributed by atoms with Crippen LogP contribution in [0.25, 0.3) is 16.8 Å². The summed E-state index contributed by atoms with van der Waals surface area (Å²) >= 11 is 6.60. The maximum absolute atomic E-state index is 12.7. The molecule has 0 saturated carbocycles. The highest BCUT2D eigenvalue weighted by Crippen LogP contribution is 2.38. The Morgan fingerprint density at radius 3 is 2.49 bits per heavy atom. The van der Waals surface area contributed by atoms with Gasteiger partial charge in [0.25, 0.3) is 5.91 Å². The lowest BCUT2D eigenvalue weighted by Crippen LogP contribution is -2.13. The number of hydrogen-bond donors (Lipinski definition) is 1. The number of amides is 1. The van der Waals surface area contributed by atoms with E-state index in [-0.39, 0.29) is 5.57 Å². The first-order chi connectivity index (χ1) is 18.0. The lowest BCUT2D eigenvalue weighted by molar-refractivity contribution is -0.112. The van der Waals surface area contributed by atoms with Gasteiger partial charge in [-0.15, -0.1) is 0 Å². The van der Waals surface area contributed by atoms with E-state index < -0.39 is 5.91 Å². The van der Waals surface area contributed by atoms with Crippen LogP contribution in [0.4, 0.5) is 5.69 Å². The SMILES string of the molecule is CCOc1cc(/C=C(\C#N)C(=O)Nc2ccc(CC)cc2)cc(Cl)c1OCc1cccc2ccccc12. The number of rotatable bonds is 9. The first kappa shape index (κ1) is 25.8. The molecule has 5 nitrogen and oxygen atoms in total. The van der Waals surface area contributed by atoms with Crippen molar-refractivity contribution in [3.8, 4) is 17.6 Å². The molecule has 0 bridgehead atoms. The molecule has 0 aromatic heterocycles. The van der Waals surface area contributed by atoms with Gasteiger partial charge in [-0.05, 0) is 71.1 Å². The molecule has 4 rings (SSSR count). The average molecular weight is 511 g/mol. The van der Waals surface area contributed by atoms with Crippen LogP contribution in [0, 0.1) is 11.3 Å². The third-order valence-electron chi connectivity index (χ3n) is 5.88. The van der Waals surface area contributed by atoms with Gasteiger partial charge >= 0.3 is 0 Å². The topological polar surface area (TPSA) is 71.3 Å². The zero-order valence-corrected chi connectivity index (χ0v) is 21.5. The zero-order valence-electron chi connectivity index (χ0n) is 20.8. The lowest BCUT2D eigenvalue weighted by atomic mass is 10.1. The predicted octanol–water partition coefficient (Wildman–Crippen LogP) is 7.58. The highest BCUT2D eigenvalue weighted by Gasteiger charge is 2.15. The molecule has 1 N–H and O–H groups in total. The highest BCUT2D eigenvalue weighted by atomic mass is 35.5. The molecular weight excluding hydrogens is 484 g/mol. The summed E-state index contributed by atoms with van der Waals surface area (Å²) < 4.78 is 11.9. The Balaban J connectivity index is 1.57. The second-order valence-corrected chi connectivity index (χ2v) is 8.77. The van der Waals surface area contributed by atoms with Gasteiger partial charge in [-0.25, -0.2) is 0 Å². The highest BCUT2D eigenvalue weighted by molar-refractivity contribution is 6.32. The fourth-order valence-electron chi connectivity index (χ4n) is 3.98. The lowest BCUT2D eigenvalue weighted by Gasteiger charge is -2.15. The maximum Gasteiger partial charge on any atom is 0.266 e. The Bertz CT molecular complexity index is 1480. The van der Waals surface area contributed by atoms with Gasteiger partial charge in [0.15, 0.2) is 11.5 Å². The molecule has 6 heteroatoms. The van der Waals surface area contributed by atoms with Gasteiger partial charge in [0, 0.05) is 5.69 Å². The number of nitriles is 1. The summed E-state index contributed by atoms with van der Waals surface area (Å²) in [6.07, 6.45) is 2.39. The second-order valence-electron chi connectivity index (χ2n) is 8.36. The average Bonchev–Trinajstić information content (AvgIpc) is 2.92. The van der Waals surface area contributed by atoms with E-state index in [1.54, 1.807) is 12.1 Å². The van der Waals surface area contributed by atoms with E-state index in [1.807, 2.05) is 61.5 Å². The Kier molecular flexibility index (Phi) is 8.45. The Morgan fingerprint density at radius 1 is 1.00 bits per heavy atom. The van der Waals surface area contributed by atoms with Crippen LogP contribution in [0.15, 0.2) is 84.4 Å². The van der Waals surface area contributed by atoms with E-state index in [2.05, 4.69) is 30.4 Å². The summed E-state index contributed by atoms with van der Waals surface area (Å²) in [6, 6.07) is 27.0. The number of benzene rings is 4. The van der Waals surface area contributed by atoms with Gasteiger partial charge in [0.1, 0.15) is 18.2 Å². The minimum Gasteiger partial charge on any atom is -0.490 e. The first-order valence-corrected chi connectivity index (χ1v) is 12.5. The number of anilines is 1. The van der Waals surface area contributed by atoms with E-state index >= 15 is 0 Å². The monoisotopic (exact) mass is 510 g/mol. The molecule has 0 atom stereocenters. The number of ether oxygens (including phenoxy) is 2. The largest absolute Gasteiger partial charge is 0.490 e. The molecule has 0 aliphatic heterocycles. The minimum atomic E-state index is -0.503. The number of fused-ring (bicyclic) bond motifs is 1. The fourth-order valence-corrected chi connectivity index (χ4v) is 4.25. The van der Waals surface area contributed by atoms with Crippen molar-refractivity contribution in [3.63, 3.8) is 0 Å². The quantitative estimate of drug-likeness (QED) is 0.186. The molecular formula is C31H27ClN2O3. The molecule has 186 valence electrons. The van der Waals surface area contributed by atoms with Crippen LogP contribution in [0.1, 0.15) is 30.5 Å². The molecule has 4 aromatic carbocycles. The number of carbonyl (C=O) groups excluding carboxylic acids is 1. The minimum absolute atomic E-state index is 0.0532. The number of nitrogens with one attached hydrogen (secondary N) is 1. The smallest absolute Gasteiger partial charge is 0.266 e. The number of nitrogens with zero attached hydrogens (tertiary/aromatic N) is 1. The summed E-state index contributed by atoms with van der Waals surface area (Å²) in [5.74, 6) is 0.346. The number of aryl methyl sites for hydroxylation is 1. The van der Waals surface area contributed by atoms with E-state index in [0.29, 0.717) is 41.0 Å². The molecule has 0 radical (unpaired) electrons. The summed E-state index contributed by atoms with van der Waals surface area (Å²) in [6.45, 7) is 4.63. The van der Waals surface area contributed by atoms with Crippen molar-refractivity contribution in [2.24, 2.45) is 0 Å². The molecule has 0 aliphatic rings. The Morgan fingerprint density at radius 2 is 1.76 bits per heavy atom. The molecule has 0 spiro atoms. The molecule has 0 saturated heterocycles. The molecule has 4 aromatic rings. The normalized spacial score (nSPS) is 11.1. The molecule has 1 amide bonds. The van der Waals surface area contributed by atoms with Gasteiger partial charge in [-0.1, -0.05) is 73.1 Å².